The van der Waals surface area contributed by atoms with Crippen molar-refractivity contribution in [2.75, 3.05) is 31.1 Å². The summed E-state index contributed by atoms with van der Waals surface area (Å²) in [5.74, 6) is 3.66. The third kappa shape index (κ3) is 3.88. The highest BCUT2D eigenvalue weighted by molar-refractivity contribution is 7.13. The van der Waals surface area contributed by atoms with E-state index < -0.39 is 0 Å². The maximum absolute atomic E-state index is 6.31. The summed E-state index contributed by atoms with van der Waals surface area (Å²) in [6.07, 6.45) is 1.03. The van der Waals surface area contributed by atoms with Crippen molar-refractivity contribution in [2.24, 2.45) is 0 Å². The predicted octanol–water partition coefficient (Wildman–Crippen LogP) is 5.27. The van der Waals surface area contributed by atoms with Crippen LogP contribution in [0.4, 0.5) is 5.95 Å². The molecule has 0 saturated carbocycles. The molecule has 6 rings (SSSR count). The first-order chi connectivity index (χ1) is 16.2. The molecule has 168 valence electrons. The molecule has 9 heteroatoms. The summed E-state index contributed by atoms with van der Waals surface area (Å²) in [7, 11) is 0. The first-order valence-electron chi connectivity index (χ1n) is 11.1. The van der Waals surface area contributed by atoms with E-state index in [0.29, 0.717) is 5.02 Å². The van der Waals surface area contributed by atoms with Crippen molar-refractivity contribution < 1.29 is 4.42 Å². The monoisotopic (exact) mass is 478 g/mol. The van der Waals surface area contributed by atoms with E-state index in [2.05, 4.69) is 41.9 Å². The molecule has 0 bridgehead atoms. The van der Waals surface area contributed by atoms with Gasteiger partial charge in [-0.1, -0.05) is 17.7 Å². The van der Waals surface area contributed by atoms with Crippen LogP contribution in [0.3, 0.4) is 0 Å². The Morgan fingerprint density at radius 3 is 2.82 bits per heavy atom. The Hall–Kier alpha value is -2.94. The summed E-state index contributed by atoms with van der Waals surface area (Å²) < 4.78 is 7.91. The van der Waals surface area contributed by atoms with Crippen molar-refractivity contribution in [3.05, 3.63) is 64.4 Å². The molecule has 4 aromatic heterocycles. The van der Waals surface area contributed by atoms with Gasteiger partial charge in [0.15, 0.2) is 11.5 Å². The lowest BCUT2D eigenvalue weighted by atomic mass is 10.2. The highest BCUT2D eigenvalue weighted by Crippen LogP contribution is 2.31. The molecule has 0 aliphatic carbocycles. The zero-order chi connectivity index (χ0) is 22.4. The first-order valence-corrected chi connectivity index (χ1v) is 12.3. The molecule has 1 aliphatic heterocycles. The van der Waals surface area contributed by atoms with Crippen molar-refractivity contribution in [1.82, 2.24) is 24.5 Å². The first kappa shape index (κ1) is 20.7. The second-order valence-electron chi connectivity index (χ2n) is 8.36. The summed E-state index contributed by atoms with van der Waals surface area (Å²) in [6, 6.07) is 14.0. The van der Waals surface area contributed by atoms with Crippen molar-refractivity contribution in [2.45, 2.75) is 19.9 Å². The Kier molecular flexibility index (Phi) is 5.28. The Labute approximate surface area is 200 Å². The third-order valence-corrected chi connectivity index (χ3v) is 7.17. The molecule has 1 aliphatic rings. The number of fused-ring (bicyclic) bond motifs is 3. The molecule has 0 spiro atoms. The minimum Gasteiger partial charge on any atom is -0.465 e. The largest absolute Gasteiger partial charge is 0.465 e. The molecule has 0 amide bonds. The number of thiophene rings is 1. The molecule has 0 atom stereocenters. The van der Waals surface area contributed by atoms with Gasteiger partial charge in [-0.2, -0.15) is 0 Å². The van der Waals surface area contributed by atoms with E-state index in [9.17, 15) is 0 Å². The van der Waals surface area contributed by atoms with Gasteiger partial charge in [-0.05, 0) is 55.1 Å². The van der Waals surface area contributed by atoms with Crippen LogP contribution >= 0.6 is 22.9 Å². The second-order valence-corrected chi connectivity index (χ2v) is 9.75. The van der Waals surface area contributed by atoms with Gasteiger partial charge in [0, 0.05) is 36.6 Å². The summed E-state index contributed by atoms with van der Waals surface area (Å²) in [5, 5.41) is 12.8. The zero-order valence-electron chi connectivity index (χ0n) is 18.2. The van der Waals surface area contributed by atoms with E-state index in [1.165, 1.54) is 0 Å². The van der Waals surface area contributed by atoms with Gasteiger partial charge in [0.25, 0.3) is 0 Å². The van der Waals surface area contributed by atoms with Crippen LogP contribution in [0.25, 0.3) is 27.3 Å². The van der Waals surface area contributed by atoms with Crippen LogP contribution in [0.5, 0.6) is 0 Å². The van der Waals surface area contributed by atoms with E-state index in [0.717, 1.165) is 83.9 Å². The lowest BCUT2D eigenvalue weighted by molar-refractivity contribution is 0.258. The molecular weight excluding hydrogens is 456 g/mol. The SMILES string of the molecule is Cc1ccc(CN2CCCN(c3nc4cc(Cl)ccc4c4nnc(-c5cccs5)n34)CC2)o1. The van der Waals surface area contributed by atoms with Gasteiger partial charge in [0.1, 0.15) is 11.5 Å². The molecular formula is C24H23ClN6OS. The Bertz CT molecular complexity index is 1430. The number of aryl methyl sites for hydroxylation is 1. The number of rotatable bonds is 4. The molecule has 1 aromatic carbocycles. The molecule has 5 aromatic rings. The fraction of sp³-hybridized carbons (Fsp3) is 0.292. The van der Waals surface area contributed by atoms with Crippen LogP contribution in [0, 0.1) is 6.92 Å². The van der Waals surface area contributed by atoms with Gasteiger partial charge in [0.05, 0.1) is 16.9 Å². The van der Waals surface area contributed by atoms with Crippen LogP contribution < -0.4 is 4.90 Å². The number of furan rings is 1. The van der Waals surface area contributed by atoms with E-state index in [4.69, 9.17) is 21.0 Å². The highest BCUT2D eigenvalue weighted by atomic mass is 35.5. The summed E-state index contributed by atoms with van der Waals surface area (Å²) in [6.45, 7) is 6.51. The van der Waals surface area contributed by atoms with E-state index in [1.807, 2.05) is 37.3 Å². The molecule has 7 nitrogen and oxygen atoms in total. The Balaban J connectivity index is 1.40. The number of nitrogens with zero attached hydrogens (tertiary/aromatic N) is 6. The molecule has 0 N–H and O–H groups in total. The van der Waals surface area contributed by atoms with Crippen LogP contribution in [-0.2, 0) is 6.54 Å². The second kappa shape index (κ2) is 8.44. The van der Waals surface area contributed by atoms with Crippen molar-refractivity contribution in [1.29, 1.82) is 0 Å². The zero-order valence-corrected chi connectivity index (χ0v) is 19.8. The van der Waals surface area contributed by atoms with Crippen LogP contribution in [0.1, 0.15) is 17.9 Å². The maximum Gasteiger partial charge on any atom is 0.213 e. The van der Waals surface area contributed by atoms with E-state index in [1.54, 1.807) is 11.3 Å². The molecule has 1 saturated heterocycles. The summed E-state index contributed by atoms with van der Waals surface area (Å²) >= 11 is 7.97. The molecule has 0 unspecified atom stereocenters. The molecule has 0 radical (unpaired) electrons. The molecule has 33 heavy (non-hydrogen) atoms. The minimum atomic E-state index is 0.666. The number of halogens is 1. The van der Waals surface area contributed by atoms with Gasteiger partial charge in [0.2, 0.25) is 5.95 Å². The van der Waals surface area contributed by atoms with Gasteiger partial charge < -0.3 is 9.32 Å². The number of hydrogen-bond acceptors (Lipinski definition) is 7. The predicted molar refractivity (Wildman–Crippen MR) is 132 cm³/mol. The van der Waals surface area contributed by atoms with Gasteiger partial charge >= 0.3 is 0 Å². The maximum atomic E-state index is 6.31. The van der Waals surface area contributed by atoms with Crippen LogP contribution in [0.15, 0.2) is 52.3 Å². The smallest absolute Gasteiger partial charge is 0.213 e. The van der Waals surface area contributed by atoms with Gasteiger partial charge in [-0.3, -0.25) is 4.90 Å². The minimum absolute atomic E-state index is 0.666. The standard InChI is InChI=1S/C24H23ClN6OS/c1-16-5-7-18(32-16)15-29-9-3-10-30(12-11-29)24-26-20-14-17(25)6-8-19(20)22-27-28-23(31(22)24)21-4-2-13-33-21/h2,4-8,13-14H,3,9-12,15H2,1H3. The third-order valence-electron chi connectivity index (χ3n) is 6.07. The normalized spacial score (nSPS) is 15.5. The summed E-state index contributed by atoms with van der Waals surface area (Å²) in [4.78, 5) is 10.9. The van der Waals surface area contributed by atoms with E-state index in [-0.39, 0.29) is 0 Å². The van der Waals surface area contributed by atoms with Crippen molar-refractivity contribution in [3.8, 4) is 10.7 Å². The topological polar surface area (TPSA) is 62.7 Å². The summed E-state index contributed by atoms with van der Waals surface area (Å²) in [5.41, 5.74) is 1.64. The average Bonchev–Trinajstić information content (AvgIpc) is 3.53. The van der Waals surface area contributed by atoms with E-state index >= 15 is 0 Å². The molecule has 5 heterocycles. The lowest BCUT2D eigenvalue weighted by Crippen LogP contribution is -2.32. The number of anilines is 1. The number of aromatic nitrogens is 4. The van der Waals surface area contributed by atoms with Gasteiger partial charge in [-0.15, -0.1) is 21.5 Å². The Morgan fingerprint density at radius 1 is 1.06 bits per heavy atom. The van der Waals surface area contributed by atoms with Gasteiger partial charge in [-0.25, -0.2) is 9.38 Å². The number of hydrogen-bond donors (Lipinski definition) is 0. The Morgan fingerprint density at radius 2 is 2.00 bits per heavy atom. The van der Waals surface area contributed by atoms with Crippen LogP contribution in [0.2, 0.25) is 5.02 Å². The fourth-order valence-corrected chi connectivity index (χ4v) is 5.35. The van der Waals surface area contributed by atoms with Crippen molar-refractivity contribution in [3.63, 3.8) is 0 Å². The highest BCUT2D eigenvalue weighted by Gasteiger charge is 2.23. The molecule has 1 fully saturated rings. The number of benzene rings is 1. The van der Waals surface area contributed by atoms with Crippen molar-refractivity contribution >= 4 is 45.4 Å². The average molecular weight is 479 g/mol. The fourth-order valence-electron chi connectivity index (χ4n) is 4.49. The quantitative estimate of drug-likeness (QED) is 0.350. The van der Waals surface area contributed by atoms with Crippen LogP contribution in [-0.4, -0.2) is 50.7 Å². The lowest BCUT2D eigenvalue weighted by Gasteiger charge is -2.24.